The highest BCUT2D eigenvalue weighted by molar-refractivity contribution is 7.89. The Morgan fingerprint density at radius 1 is 1.23 bits per heavy atom. The van der Waals surface area contributed by atoms with E-state index in [4.69, 9.17) is 4.74 Å². The maximum Gasteiger partial charge on any atom is 0.262 e. The smallest absolute Gasteiger partial charge is 0.262 e. The number of hydrogen-bond donors (Lipinski definition) is 2. The Hall–Kier alpha value is -2.91. The fraction of sp³-hybridized carbons (Fsp3) is 0.333. The van der Waals surface area contributed by atoms with Crippen LogP contribution in [0.2, 0.25) is 0 Å². The zero-order valence-electron chi connectivity index (χ0n) is 16.6. The van der Waals surface area contributed by atoms with Crippen molar-refractivity contribution in [3.63, 3.8) is 0 Å². The van der Waals surface area contributed by atoms with Crippen molar-refractivity contribution in [1.82, 2.24) is 4.31 Å². The first-order valence-electron chi connectivity index (χ1n) is 9.78. The number of nitrogens with one attached hydrogen (secondary N) is 2. The molecule has 2 heterocycles. The first-order chi connectivity index (χ1) is 14.3. The lowest BCUT2D eigenvalue weighted by atomic mass is 9.98. The topological polar surface area (TPSA) is 105 Å². The molecule has 0 bridgehead atoms. The minimum absolute atomic E-state index is 0.0620. The third-order valence-corrected chi connectivity index (χ3v) is 7.24. The number of ether oxygens (including phenoxy) is 1. The molecule has 2 aliphatic heterocycles. The lowest BCUT2D eigenvalue weighted by Gasteiger charge is -2.31. The van der Waals surface area contributed by atoms with Crippen molar-refractivity contribution >= 4 is 33.2 Å². The van der Waals surface area contributed by atoms with E-state index < -0.39 is 15.9 Å². The molecule has 0 aliphatic carbocycles. The second-order valence-electron chi connectivity index (χ2n) is 7.50. The number of hydrogen-bond acceptors (Lipinski definition) is 5. The van der Waals surface area contributed by atoms with Crippen LogP contribution in [-0.2, 0) is 19.6 Å². The number of fused-ring (bicyclic) bond motifs is 1. The molecule has 2 aromatic carbocycles. The van der Waals surface area contributed by atoms with E-state index in [0.717, 1.165) is 11.3 Å². The van der Waals surface area contributed by atoms with Gasteiger partial charge in [-0.15, -0.1) is 0 Å². The van der Waals surface area contributed by atoms with E-state index in [0.29, 0.717) is 30.8 Å². The van der Waals surface area contributed by atoms with Gasteiger partial charge in [0.1, 0.15) is 5.75 Å². The predicted molar refractivity (Wildman–Crippen MR) is 112 cm³/mol. The molecule has 30 heavy (non-hydrogen) atoms. The van der Waals surface area contributed by atoms with Gasteiger partial charge in [0.2, 0.25) is 15.9 Å². The summed E-state index contributed by atoms with van der Waals surface area (Å²) in [5.74, 6) is -0.519. The number of aryl methyl sites for hydroxylation is 1. The second kappa shape index (κ2) is 8.08. The van der Waals surface area contributed by atoms with Gasteiger partial charge in [0, 0.05) is 18.8 Å². The van der Waals surface area contributed by atoms with Crippen LogP contribution in [0.25, 0.3) is 0 Å². The fourth-order valence-electron chi connectivity index (χ4n) is 3.69. The number of benzene rings is 2. The van der Waals surface area contributed by atoms with E-state index in [1.165, 1.54) is 22.5 Å². The maximum absolute atomic E-state index is 13.2. The van der Waals surface area contributed by atoms with Gasteiger partial charge in [-0.25, -0.2) is 8.42 Å². The van der Waals surface area contributed by atoms with E-state index in [2.05, 4.69) is 10.6 Å². The molecular formula is C21H23N3O5S. The number of piperidine rings is 1. The summed E-state index contributed by atoms with van der Waals surface area (Å²) >= 11 is 0. The number of para-hydroxylation sites is 1. The van der Waals surface area contributed by atoms with Crippen LogP contribution in [0.1, 0.15) is 18.4 Å². The predicted octanol–water partition coefficient (Wildman–Crippen LogP) is 2.37. The molecule has 2 N–H and O–H groups in total. The summed E-state index contributed by atoms with van der Waals surface area (Å²) in [6.07, 6.45) is 1.22. The van der Waals surface area contributed by atoms with Gasteiger partial charge in [-0.3, -0.25) is 9.59 Å². The zero-order valence-corrected chi connectivity index (χ0v) is 17.4. The van der Waals surface area contributed by atoms with Crippen molar-refractivity contribution in [2.45, 2.75) is 24.7 Å². The normalized spacial score (nSPS) is 19.4. The number of anilines is 2. The van der Waals surface area contributed by atoms with E-state index in [-0.39, 0.29) is 29.9 Å². The summed E-state index contributed by atoms with van der Waals surface area (Å²) in [7, 11) is -3.81. The van der Waals surface area contributed by atoms with Crippen LogP contribution >= 0.6 is 0 Å². The number of rotatable bonds is 4. The summed E-state index contributed by atoms with van der Waals surface area (Å²) < 4.78 is 33.0. The molecule has 0 radical (unpaired) electrons. The SMILES string of the molecule is Cc1ccccc1NC(=O)[C@@H]1CCCN(S(=O)(=O)c2ccc3c(c2)NC(=O)CO3)C1. The zero-order chi connectivity index (χ0) is 21.3. The molecular weight excluding hydrogens is 406 g/mol. The number of carbonyl (C=O) groups excluding carboxylic acids is 2. The van der Waals surface area contributed by atoms with E-state index in [1.54, 1.807) is 0 Å². The van der Waals surface area contributed by atoms with Crippen molar-refractivity contribution in [1.29, 1.82) is 0 Å². The van der Waals surface area contributed by atoms with E-state index in [1.807, 2.05) is 31.2 Å². The van der Waals surface area contributed by atoms with Crippen LogP contribution in [0.15, 0.2) is 47.4 Å². The van der Waals surface area contributed by atoms with Gasteiger partial charge in [-0.05, 0) is 49.6 Å². The summed E-state index contributed by atoms with van der Waals surface area (Å²) in [6, 6.07) is 11.9. The van der Waals surface area contributed by atoms with E-state index >= 15 is 0 Å². The number of nitrogens with zero attached hydrogens (tertiary/aromatic N) is 1. The molecule has 2 aliphatic rings. The molecule has 8 nitrogen and oxygen atoms in total. The second-order valence-corrected chi connectivity index (χ2v) is 9.44. The van der Waals surface area contributed by atoms with Gasteiger partial charge < -0.3 is 15.4 Å². The van der Waals surface area contributed by atoms with Crippen LogP contribution in [0, 0.1) is 12.8 Å². The average molecular weight is 429 g/mol. The lowest BCUT2D eigenvalue weighted by Crippen LogP contribution is -2.43. The van der Waals surface area contributed by atoms with Gasteiger partial charge in [0.15, 0.2) is 6.61 Å². The third kappa shape index (κ3) is 4.03. The third-order valence-electron chi connectivity index (χ3n) is 5.38. The number of amides is 2. The molecule has 0 spiro atoms. The molecule has 9 heteroatoms. The van der Waals surface area contributed by atoms with Crippen molar-refractivity contribution in [3.05, 3.63) is 48.0 Å². The summed E-state index contributed by atoms with van der Waals surface area (Å²) in [4.78, 5) is 24.4. The monoisotopic (exact) mass is 429 g/mol. The molecule has 4 rings (SSSR count). The molecule has 1 fully saturated rings. The van der Waals surface area contributed by atoms with Crippen LogP contribution in [0.5, 0.6) is 5.75 Å². The van der Waals surface area contributed by atoms with Crippen LogP contribution in [-0.4, -0.2) is 44.2 Å². The van der Waals surface area contributed by atoms with Crippen LogP contribution in [0.3, 0.4) is 0 Å². The first kappa shape index (κ1) is 20.4. The molecule has 2 amide bonds. The summed E-state index contributed by atoms with van der Waals surface area (Å²) in [5, 5.41) is 5.54. The maximum atomic E-state index is 13.2. The minimum atomic E-state index is -3.81. The summed E-state index contributed by atoms with van der Waals surface area (Å²) in [6.45, 7) is 2.27. The van der Waals surface area contributed by atoms with Gasteiger partial charge in [-0.2, -0.15) is 4.31 Å². The van der Waals surface area contributed by atoms with Crippen molar-refractivity contribution in [2.75, 3.05) is 30.3 Å². The average Bonchev–Trinajstić information content (AvgIpc) is 2.75. The van der Waals surface area contributed by atoms with Crippen LogP contribution in [0.4, 0.5) is 11.4 Å². The molecule has 0 aromatic heterocycles. The lowest BCUT2D eigenvalue weighted by molar-refractivity contribution is -0.121. The van der Waals surface area contributed by atoms with Crippen molar-refractivity contribution < 1.29 is 22.7 Å². The number of sulfonamides is 1. The van der Waals surface area contributed by atoms with Gasteiger partial charge >= 0.3 is 0 Å². The van der Waals surface area contributed by atoms with Crippen LogP contribution < -0.4 is 15.4 Å². The largest absolute Gasteiger partial charge is 0.482 e. The van der Waals surface area contributed by atoms with E-state index in [9.17, 15) is 18.0 Å². The Morgan fingerprint density at radius 2 is 2.03 bits per heavy atom. The molecule has 1 saturated heterocycles. The Bertz CT molecular complexity index is 1100. The highest BCUT2D eigenvalue weighted by Gasteiger charge is 2.34. The minimum Gasteiger partial charge on any atom is -0.482 e. The molecule has 158 valence electrons. The quantitative estimate of drug-likeness (QED) is 0.776. The fourth-order valence-corrected chi connectivity index (χ4v) is 5.25. The van der Waals surface area contributed by atoms with Gasteiger partial charge in [-0.1, -0.05) is 18.2 Å². The van der Waals surface area contributed by atoms with Gasteiger partial charge in [0.05, 0.1) is 16.5 Å². The molecule has 2 aromatic rings. The Labute approximate surface area is 175 Å². The van der Waals surface area contributed by atoms with Gasteiger partial charge in [0.25, 0.3) is 5.91 Å². The number of carbonyl (C=O) groups is 2. The Balaban J connectivity index is 1.51. The standard InChI is InChI=1S/C21H23N3O5S/c1-14-5-2-3-7-17(14)23-21(26)15-6-4-10-24(12-15)30(27,28)16-8-9-19-18(11-16)22-20(25)13-29-19/h2-3,5,7-9,11,15H,4,6,10,12-13H2,1H3,(H,22,25)(H,23,26)/t15-/m1/s1. The highest BCUT2D eigenvalue weighted by Crippen LogP contribution is 2.32. The van der Waals surface area contributed by atoms with Crippen molar-refractivity contribution in [3.8, 4) is 5.75 Å². The molecule has 0 unspecified atom stereocenters. The van der Waals surface area contributed by atoms with Crippen molar-refractivity contribution in [2.24, 2.45) is 5.92 Å². The molecule has 0 saturated carbocycles. The first-order valence-corrected chi connectivity index (χ1v) is 11.2. The molecule has 1 atom stereocenters. The summed E-state index contributed by atoms with van der Waals surface area (Å²) in [5.41, 5.74) is 2.01. The Morgan fingerprint density at radius 3 is 2.83 bits per heavy atom. The highest BCUT2D eigenvalue weighted by atomic mass is 32.2. The Kier molecular flexibility index (Phi) is 5.48.